The molecule has 4 rings (SSSR count). The van der Waals surface area contributed by atoms with E-state index in [1.54, 1.807) is 0 Å². The monoisotopic (exact) mass is 324 g/mol. The molecule has 0 amide bonds. The fourth-order valence-electron chi connectivity index (χ4n) is 3.38. The SMILES string of the molecule is CN1CCN(c2nc3c(c(Oc4ccccc4)n2)CCCC3)CC1. The molecule has 1 aliphatic heterocycles. The summed E-state index contributed by atoms with van der Waals surface area (Å²) >= 11 is 0. The highest BCUT2D eigenvalue weighted by Crippen LogP contribution is 2.32. The molecular weight excluding hydrogens is 300 g/mol. The van der Waals surface area contributed by atoms with Crippen molar-refractivity contribution in [2.75, 3.05) is 38.1 Å². The summed E-state index contributed by atoms with van der Waals surface area (Å²) in [5, 5.41) is 0. The average molecular weight is 324 g/mol. The van der Waals surface area contributed by atoms with Crippen molar-refractivity contribution >= 4 is 5.95 Å². The van der Waals surface area contributed by atoms with E-state index in [0.717, 1.165) is 56.6 Å². The number of para-hydroxylation sites is 1. The van der Waals surface area contributed by atoms with Crippen LogP contribution in [0.15, 0.2) is 30.3 Å². The van der Waals surface area contributed by atoms with Crippen LogP contribution in [0, 0.1) is 0 Å². The molecule has 24 heavy (non-hydrogen) atoms. The van der Waals surface area contributed by atoms with Gasteiger partial charge in [0.05, 0.1) is 5.69 Å². The Morgan fingerprint density at radius 1 is 0.917 bits per heavy atom. The summed E-state index contributed by atoms with van der Waals surface area (Å²) < 4.78 is 6.14. The minimum absolute atomic E-state index is 0.750. The van der Waals surface area contributed by atoms with E-state index < -0.39 is 0 Å². The molecule has 0 radical (unpaired) electrons. The third-order valence-corrected chi connectivity index (χ3v) is 4.88. The smallest absolute Gasteiger partial charge is 0.228 e. The van der Waals surface area contributed by atoms with Gasteiger partial charge in [0, 0.05) is 31.7 Å². The molecule has 1 aromatic carbocycles. The number of likely N-dealkylation sites (N-methyl/N-ethyl adjacent to an activating group) is 1. The van der Waals surface area contributed by atoms with E-state index in [0.29, 0.717) is 0 Å². The molecule has 2 heterocycles. The van der Waals surface area contributed by atoms with Gasteiger partial charge in [-0.2, -0.15) is 4.98 Å². The number of fused-ring (bicyclic) bond motifs is 1. The second-order valence-corrected chi connectivity index (χ2v) is 6.67. The summed E-state index contributed by atoms with van der Waals surface area (Å²) in [6.45, 7) is 4.05. The highest BCUT2D eigenvalue weighted by Gasteiger charge is 2.23. The van der Waals surface area contributed by atoms with Gasteiger partial charge in [0.15, 0.2) is 0 Å². The molecule has 2 aliphatic rings. The number of aryl methyl sites for hydroxylation is 1. The summed E-state index contributed by atoms with van der Waals surface area (Å²) in [4.78, 5) is 14.3. The third kappa shape index (κ3) is 3.22. The first kappa shape index (κ1) is 15.4. The van der Waals surface area contributed by atoms with E-state index in [1.807, 2.05) is 30.3 Å². The summed E-state index contributed by atoms with van der Waals surface area (Å²) in [5.74, 6) is 2.42. The number of anilines is 1. The van der Waals surface area contributed by atoms with E-state index in [4.69, 9.17) is 14.7 Å². The molecule has 0 bridgehead atoms. The Morgan fingerprint density at radius 2 is 1.67 bits per heavy atom. The zero-order valence-electron chi connectivity index (χ0n) is 14.2. The lowest BCUT2D eigenvalue weighted by Gasteiger charge is -2.33. The van der Waals surface area contributed by atoms with Crippen molar-refractivity contribution in [1.82, 2.24) is 14.9 Å². The van der Waals surface area contributed by atoms with E-state index in [1.165, 1.54) is 24.1 Å². The Labute approximate surface area is 143 Å². The van der Waals surface area contributed by atoms with Crippen LogP contribution in [0.1, 0.15) is 24.1 Å². The highest BCUT2D eigenvalue weighted by atomic mass is 16.5. The predicted molar refractivity (Wildman–Crippen MR) is 94.9 cm³/mol. The topological polar surface area (TPSA) is 41.5 Å². The molecule has 0 N–H and O–H groups in total. The minimum atomic E-state index is 0.750. The van der Waals surface area contributed by atoms with Crippen LogP contribution in [0.4, 0.5) is 5.95 Å². The van der Waals surface area contributed by atoms with Crippen LogP contribution in [0.3, 0.4) is 0 Å². The Kier molecular flexibility index (Phi) is 4.34. The maximum Gasteiger partial charge on any atom is 0.228 e. The Balaban J connectivity index is 1.67. The van der Waals surface area contributed by atoms with Crippen molar-refractivity contribution in [3.8, 4) is 11.6 Å². The highest BCUT2D eigenvalue weighted by molar-refractivity contribution is 5.43. The normalized spacial score (nSPS) is 18.3. The van der Waals surface area contributed by atoms with Crippen molar-refractivity contribution in [2.24, 2.45) is 0 Å². The average Bonchev–Trinajstić information content (AvgIpc) is 2.63. The zero-order valence-corrected chi connectivity index (χ0v) is 14.2. The molecule has 1 aromatic heterocycles. The molecule has 0 saturated carbocycles. The van der Waals surface area contributed by atoms with Crippen LogP contribution >= 0.6 is 0 Å². The van der Waals surface area contributed by atoms with Crippen molar-refractivity contribution in [2.45, 2.75) is 25.7 Å². The fourth-order valence-corrected chi connectivity index (χ4v) is 3.38. The molecule has 1 saturated heterocycles. The molecule has 126 valence electrons. The standard InChI is InChI=1S/C19H24N4O/c1-22-11-13-23(14-12-22)19-20-17-10-6-5-9-16(17)18(21-19)24-15-7-3-2-4-8-15/h2-4,7-8H,5-6,9-14H2,1H3. The van der Waals surface area contributed by atoms with E-state index in [2.05, 4.69) is 16.8 Å². The van der Waals surface area contributed by atoms with Crippen molar-refractivity contribution < 1.29 is 4.74 Å². The lowest BCUT2D eigenvalue weighted by atomic mass is 9.97. The molecule has 1 fully saturated rings. The molecular formula is C19H24N4O. The van der Waals surface area contributed by atoms with Crippen LogP contribution in [0.5, 0.6) is 11.6 Å². The van der Waals surface area contributed by atoms with Gasteiger partial charge in [-0.3, -0.25) is 0 Å². The summed E-state index contributed by atoms with van der Waals surface area (Å²) in [6.07, 6.45) is 4.44. The van der Waals surface area contributed by atoms with Gasteiger partial charge in [-0.05, 0) is 44.9 Å². The third-order valence-electron chi connectivity index (χ3n) is 4.88. The number of ether oxygens (including phenoxy) is 1. The quantitative estimate of drug-likeness (QED) is 0.868. The van der Waals surface area contributed by atoms with Crippen LogP contribution in [0.25, 0.3) is 0 Å². The first-order valence-electron chi connectivity index (χ1n) is 8.86. The Morgan fingerprint density at radius 3 is 2.46 bits per heavy atom. The van der Waals surface area contributed by atoms with Gasteiger partial charge in [-0.15, -0.1) is 0 Å². The second kappa shape index (κ2) is 6.77. The first-order valence-corrected chi connectivity index (χ1v) is 8.86. The molecule has 2 aromatic rings. The largest absolute Gasteiger partial charge is 0.439 e. The van der Waals surface area contributed by atoms with Gasteiger partial charge in [0.1, 0.15) is 5.75 Å². The van der Waals surface area contributed by atoms with Gasteiger partial charge in [-0.1, -0.05) is 18.2 Å². The van der Waals surface area contributed by atoms with Gasteiger partial charge < -0.3 is 14.5 Å². The van der Waals surface area contributed by atoms with E-state index >= 15 is 0 Å². The van der Waals surface area contributed by atoms with Gasteiger partial charge in [0.25, 0.3) is 0 Å². The molecule has 5 heteroatoms. The second-order valence-electron chi connectivity index (χ2n) is 6.67. The maximum absolute atomic E-state index is 6.14. The number of hydrogen-bond donors (Lipinski definition) is 0. The Bertz CT molecular complexity index is 696. The molecule has 1 aliphatic carbocycles. The van der Waals surface area contributed by atoms with Crippen LogP contribution in [-0.2, 0) is 12.8 Å². The summed E-state index contributed by atoms with van der Waals surface area (Å²) in [7, 11) is 2.16. The zero-order chi connectivity index (χ0) is 16.4. The number of nitrogens with zero attached hydrogens (tertiary/aromatic N) is 4. The molecule has 5 nitrogen and oxygen atoms in total. The van der Waals surface area contributed by atoms with Gasteiger partial charge >= 0.3 is 0 Å². The lowest BCUT2D eigenvalue weighted by molar-refractivity contribution is 0.310. The number of benzene rings is 1. The van der Waals surface area contributed by atoms with Crippen LogP contribution < -0.4 is 9.64 Å². The minimum Gasteiger partial charge on any atom is -0.439 e. The molecule has 0 spiro atoms. The number of hydrogen-bond acceptors (Lipinski definition) is 5. The predicted octanol–water partition coefficient (Wildman–Crippen LogP) is 2.90. The van der Waals surface area contributed by atoms with Gasteiger partial charge in [0.2, 0.25) is 11.8 Å². The number of rotatable bonds is 3. The lowest BCUT2D eigenvalue weighted by Crippen LogP contribution is -2.45. The van der Waals surface area contributed by atoms with E-state index in [9.17, 15) is 0 Å². The molecule has 0 unspecified atom stereocenters. The number of aromatic nitrogens is 2. The Hall–Kier alpha value is -2.14. The summed E-state index contributed by atoms with van der Waals surface area (Å²) in [5.41, 5.74) is 2.37. The van der Waals surface area contributed by atoms with Crippen LogP contribution in [-0.4, -0.2) is 48.1 Å². The van der Waals surface area contributed by atoms with Crippen molar-refractivity contribution in [1.29, 1.82) is 0 Å². The maximum atomic E-state index is 6.14. The van der Waals surface area contributed by atoms with Crippen LogP contribution in [0.2, 0.25) is 0 Å². The number of piperazine rings is 1. The first-order chi connectivity index (χ1) is 11.8. The van der Waals surface area contributed by atoms with Crippen molar-refractivity contribution in [3.05, 3.63) is 41.6 Å². The summed E-state index contributed by atoms with van der Waals surface area (Å²) in [6, 6.07) is 9.94. The molecule has 0 atom stereocenters. The van der Waals surface area contributed by atoms with Gasteiger partial charge in [-0.25, -0.2) is 4.98 Å². The fraction of sp³-hybridized carbons (Fsp3) is 0.474. The van der Waals surface area contributed by atoms with Crippen molar-refractivity contribution in [3.63, 3.8) is 0 Å². The van der Waals surface area contributed by atoms with E-state index in [-0.39, 0.29) is 0 Å².